The van der Waals surface area contributed by atoms with Crippen LogP contribution in [0.2, 0.25) is 0 Å². The summed E-state index contributed by atoms with van der Waals surface area (Å²) < 4.78 is 0. The Kier molecular flexibility index (Phi) is 3.14. The molecule has 0 saturated carbocycles. The molecule has 0 aliphatic carbocycles. The topological polar surface area (TPSA) is 69.8 Å². The molecule has 1 aliphatic rings. The van der Waals surface area contributed by atoms with Gasteiger partial charge >= 0.3 is 0 Å². The fraction of sp³-hybridized carbons (Fsp3) is 0.400. The van der Waals surface area contributed by atoms with Gasteiger partial charge in [0.1, 0.15) is 5.82 Å². The highest BCUT2D eigenvalue weighted by Gasteiger charge is 2.02. The lowest BCUT2D eigenvalue weighted by atomic mass is 10.1. The molecule has 5 nitrogen and oxygen atoms in total. The molecule has 80 valence electrons. The normalized spacial score (nSPS) is 15.9. The van der Waals surface area contributed by atoms with Crippen molar-refractivity contribution in [3.63, 3.8) is 0 Å². The molecule has 0 bridgehead atoms. The minimum absolute atomic E-state index is 0.133. The first-order valence-electron chi connectivity index (χ1n) is 5.02. The fourth-order valence-electron chi connectivity index (χ4n) is 1.50. The largest absolute Gasteiger partial charge is 0.366 e. The van der Waals surface area contributed by atoms with E-state index in [1.807, 2.05) is 0 Å². The Balaban J connectivity index is 1.92. The third-order valence-electron chi connectivity index (χ3n) is 2.33. The van der Waals surface area contributed by atoms with E-state index in [0.29, 0.717) is 5.82 Å². The van der Waals surface area contributed by atoms with Gasteiger partial charge in [-0.15, -0.1) is 0 Å². The van der Waals surface area contributed by atoms with Crippen molar-refractivity contribution < 1.29 is 0 Å². The van der Waals surface area contributed by atoms with Crippen LogP contribution in [0.25, 0.3) is 0 Å². The molecule has 1 aromatic heterocycles. The lowest BCUT2D eigenvalue weighted by molar-refractivity contribution is 0.697. The molecule has 3 N–H and O–H groups in total. The van der Waals surface area contributed by atoms with E-state index in [1.165, 1.54) is 18.0 Å². The third-order valence-corrected chi connectivity index (χ3v) is 2.33. The van der Waals surface area contributed by atoms with Crippen LogP contribution in [0, 0.1) is 0 Å². The molecule has 0 radical (unpaired) electrons. The summed E-state index contributed by atoms with van der Waals surface area (Å²) in [6, 6.07) is 1.46. The van der Waals surface area contributed by atoms with Crippen LogP contribution in [0.1, 0.15) is 6.42 Å². The Hall–Kier alpha value is -1.62. The van der Waals surface area contributed by atoms with Crippen molar-refractivity contribution >= 4 is 5.82 Å². The maximum atomic E-state index is 11.0. The van der Waals surface area contributed by atoms with E-state index in [9.17, 15) is 4.79 Å². The van der Waals surface area contributed by atoms with Gasteiger partial charge < -0.3 is 15.6 Å². The van der Waals surface area contributed by atoms with Crippen molar-refractivity contribution in [2.24, 2.45) is 0 Å². The van der Waals surface area contributed by atoms with Crippen LogP contribution >= 0.6 is 0 Å². The summed E-state index contributed by atoms with van der Waals surface area (Å²) in [6.45, 7) is 2.72. The summed E-state index contributed by atoms with van der Waals surface area (Å²) in [6.07, 6.45) is 4.63. The highest BCUT2D eigenvalue weighted by atomic mass is 16.1. The highest BCUT2D eigenvalue weighted by Crippen LogP contribution is 2.05. The molecule has 0 atom stereocenters. The number of aromatic amines is 1. The van der Waals surface area contributed by atoms with Crippen LogP contribution in [0.4, 0.5) is 5.82 Å². The summed E-state index contributed by atoms with van der Waals surface area (Å²) in [4.78, 5) is 17.5. The van der Waals surface area contributed by atoms with Crippen molar-refractivity contribution in [1.82, 2.24) is 15.3 Å². The van der Waals surface area contributed by atoms with E-state index in [-0.39, 0.29) is 5.56 Å². The quantitative estimate of drug-likeness (QED) is 0.613. The number of aromatic nitrogens is 2. The Labute approximate surface area is 87.6 Å². The minimum Gasteiger partial charge on any atom is -0.366 e. The minimum atomic E-state index is -0.133. The molecule has 0 amide bonds. The average Bonchev–Trinajstić information content (AvgIpc) is 2.28. The van der Waals surface area contributed by atoms with Crippen LogP contribution in [-0.4, -0.2) is 29.6 Å². The second-order valence-electron chi connectivity index (χ2n) is 3.47. The van der Waals surface area contributed by atoms with Gasteiger partial charge in [-0.25, -0.2) is 4.98 Å². The SMILES string of the molecule is O=c1cc(NCC2=CCNCC2)nc[nH]1. The maximum absolute atomic E-state index is 11.0. The van der Waals surface area contributed by atoms with Gasteiger partial charge in [0, 0.05) is 19.2 Å². The first kappa shape index (κ1) is 9.92. The molecule has 15 heavy (non-hydrogen) atoms. The highest BCUT2D eigenvalue weighted by molar-refractivity contribution is 5.34. The van der Waals surface area contributed by atoms with E-state index in [2.05, 4.69) is 26.7 Å². The van der Waals surface area contributed by atoms with Crippen LogP contribution in [0.3, 0.4) is 0 Å². The standard InChI is InChI=1S/C10H14N4O/c15-10-5-9(13-7-14-10)12-6-8-1-3-11-4-2-8/h1,5,7,11H,2-4,6H2,(H2,12,13,14,15). The Morgan fingerprint density at radius 2 is 2.47 bits per heavy atom. The molecule has 0 aromatic carbocycles. The summed E-state index contributed by atoms with van der Waals surface area (Å²) >= 11 is 0. The molecule has 2 rings (SSSR count). The molecule has 2 heterocycles. The lowest BCUT2D eigenvalue weighted by Crippen LogP contribution is -2.23. The van der Waals surface area contributed by atoms with Crippen molar-refractivity contribution in [2.45, 2.75) is 6.42 Å². The number of hydrogen-bond donors (Lipinski definition) is 3. The van der Waals surface area contributed by atoms with Crippen LogP contribution in [0.5, 0.6) is 0 Å². The molecule has 5 heteroatoms. The maximum Gasteiger partial charge on any atom is 0.252 e. The molecular weight excluding hydrogens is 192 g/mol. The third kappa shape index (κ3) is 2.92. The lowest BCUT2D eigenvalue weighted by Gasteiger charge is -2.14. The van der Waals surface area contributed by atoms with Crippen LogP contribution < -0.4 is 16.2 Å². The van der Waals surface area contributed by atoms with Gasteiger partial charge in [0.15, 0.2) is 0 Å². The van der Waals surface area contributed by atoms with Gasteiger partial charge in [0.05, 0.1) is 6.33 Å². The second kappa shape index (κ2) is 4.75. The first-order chi connectivity index (χ1) is 7.34. The van der Waals surface area contributed by atoms with Crippen LogP contribution in [-0.2, 0) is 0 Å². The van der Waals surface area contributed by atoms with E-state index in [0.717, 1.165) is 26.1 Å². The average molecular weight is 206 g/mol. The Morgan fingerprint density at radius 1 is 1.53 bits per heavy atom. The number of hydrogen-bond acceptors (Lipinski definition) is 4. The summed E-state index contributed by atoms with van der Waals surface area (Å²) in [5.41, 5.74) is 1.22. The van der Waals surface area contributed by atoms with Gasteiger partial charge in [-0.2, -0.15) is 0 Å². The first-order valence-corrected chi connectivity index (χ1v) is 5.02. The zero-order valence-corrected chi connectivity index (χ0v) is 8.42. The predicted molar refractivity (Wildman–Crippen MR) is 58.9 cm³/mol. The van der Waals surface area contributed by atoms with Crippen LogP contribution in [0.15, 0.2) is 28.8 Å². The van der Waals surface area contributed by atoms with Gasteiger partial charge in [-0.1, -0.05) is 11.6 Å². The van der Waals surface area contributed by atoms with E-state index >= 15 is 0 Å². The Morgan fingerprint density at radius 3 is 3.20 bits per heavy atom. The van der Waals surface area contributed by atoms with Crippen molar-refractivity contribution in [1.29, 1.82) is 0 Å². The number of anilines is 1. The predicted octanol–water partition coefficient (Wildman–Crippen LogP) is 0.101. The Bertz CT molecular complexity index is 410. The number of rotatable bonds is 3. The molecule has 0 spiro atoms. The van der Waals surface area contributed by atoms with Gasteiger partial charge in [-0.3, -0.25) is 4.79 Å². The molecule has 0 unspecified atom stereocenters. The summed E-state index contributed by atoms with van der Waals surface area (Å²) in [7, 11) is 0. The molecular formula is C10H14N4O. The monoisotopic (exact) mass is 206 g/mol. The van der Waals surface area contributed by atoms with Crippen molar-refractivity contribution in [2.75, 3.05) is 25.0 Å². The number of H-pyrrole nitrogens is 1. The summed E-state index contributed by atoms with van der Waals surface area (Å²) in [5.74, 6) is 0.623. The van der Waals surface area contributed by atoms with Crippen molar-refractivity contribution in [3.8, 4) is 0 Å². The van der Waals surface area contributed by atoms with Gasteiger partial charge in [0.25, 0.3) is 5.56 Å². The zero-order valence-electron chi connectivity index (χ0n) is 8.42. The van der Waals surface area contributed by atoms with E-state index in [4.69, 9.17) is 0 Å². The van der Waals surface area contributed by atoms with Gasteiger partial charge in [0.2, 0.25) is 0 Å². The molecule has 1 aliphatic heterocycles. The molecule has 0 saturated heterocycles. The van der Waals surface area contributed by atoms with E-state index in [1.54, 1.807) is 0 Å². The van der Waals surface area contributed by atoms with Gasteiger partial charge in [-0.05, 0) is 13.0 Å². The fourth-order valence-corrected chi connectivity index (χ4v) is 1.50. The molecule has 1 aromatic rings. The number of nitrogens with one attached hydrogen (secondary N) is 3. The molecule has 0 fully saturated rings. The van der Waals surface area contributed by atoms with E-state index < -0.39 is 0 Å². The van der Waals surface area contributed by atoms with Crippen molar-refractivity contribution in [3.05, 3.63) is 34.4 Å². The smallest absolute Gasteiger partial charge is 0.252 e. The summed E-state index contributed by atoms with van der Waals surface area (Å²) in [5, 5.41) is 6.38. The number of nitrogens with zero attached hydrogens (tertiary/aromatic N) is 1. The zero-order chi connectivity index (χ0) is 10.5. The second-order valence-corrected chi connectivity index (χ2v) is 3.47.